The standard InChI is InChI=1S/C17H24N2/c1-17(2,13-19-11-5-10-18)16-9-8-14-6-3-4-7-15(14)12-16/h8-9,12,19H,3-7,11,13H2,1-2H3. The topological polar surface area (TPSA) is 35.8 Å². The minimum absolute atomic E-state index is 0.127. The van der Waals surface area contributed by atoms with Crippen molar-refractivity contribution in [3.05, 3.63) is 34.9 Å². The molecule has 0 heterocycles. The van der Waals surface area contributed by atoms with Gasteiger partial charge in [-0.3, -0.25) is 0 Å². The average Bonchev–Trinajstić information content (AvgIpc) is 2.43. The van der Waals surface area contributed by atoms with E-state index >= 15 is 0 Å². The lowest BCUT2D eigenvalue weighted by atomic mass is 9.81. The first-order chi connectivity index (χ1) is 9.13. The predicted octanol–water partition coefficient (Wildman–Crippen LogP) is 3.35. The Hall–Kier alpha value is -1.33. The van der Waals surface area contributed by atoms with Crippen LogP contribution in [-0.4, -0.2) is 13.1 Å². The average molecular weight is 256 g/mol. The van der Waals surface area contributed by atoms with E-state index in [9.17, 15) is 0 Å². The molecule has 0 amide bonds. The molecule has 0 saturated heterocycles. The van der Waals surface area contributed by atoms with E-state index in [1.807, 2.05) is 0 Å². The van der Waals surface area contributed by atoms with Crippen molar-refractivity contribution in [3.63, 3.8) is 0 Å². The first kappa shape index (κ1) is 14.1. The molecule has 0 spiro atoms. The lowest BCUT2D eigenvalue weighted by molar-refractivity contribution is 0.472. The van der Waals surface area contributed by atoms with E-state index in [2.05, 4.69) is 43.4 Å². The van der Waals surface area contributed by atoms with Gasteiger partial charge >= 0.3 is 0 Å². The zero-order chi connectivity index (χ0) is 13.7. The fourth-order valence-corrected chi connectivity index (χ4v) is 2.80. The van der Waals surface area contributed by atoms with Gasteiger partial charge in [-0.05, 0) is 42.4 Å². The molecule has 1 N–H and O–H groups in total. The third kappa shape index (κ3) is 3.58. The molecule has 0 fully saturated rings. The number of hydrogen-bond acceptors (Lipinski definition) is 2. The van der Waals surface area contributed by atoms with Crippen molar-refractivity contribution in [1.82, 2.24) is 5.32 Å². The molecule has 0 saturated carbocycles. The van der Waals surface area contributed by atoms with Gasteiger partial charge in [-0.15, -0.1) is 0 Å². The van der Waals surface area contributed by atoms with Gasteiger partial charge in [-0.1, -0.05) is 32.0 Å². The van der Waals surface area contributed by atoms with Crippen molar-refractivity contribution in [2.75, 3.05) is 13.1 Å². The van der Waals surface area contributed by atoms with E-state index in [-0.39, 0.29) is 5.41 Å². The van der Waals surface area contributed by atoms with Crippen molar-refractivity contribution in [2.45, 2.75) is 51.4 Å². The van der Waals surface area contributed by atoms with E-state index in [0.29, 0.717) is 6.42 Å². The normalized spacial score (nSPS) is 14.8. The fraction of sp³-hybridized carbons (Fsp3) is 0.588. The zero-order valence-corrected chi connectivity index (χ0v) is 12.1. The molecule has 0 bridgehead atoms. The van der Waals surface area contributed by atoms with Crippen LogP contribution < -0.4 is 5.32 Å². The predicted molar refractivity (Wildman–Crippen MR) is 79.2 cm³/mol. The summed E-state index contributed by atoms with van der Waals surface area (Å²) in [4.78, 5) is 0. The van der Waals surface area contributed by atoms with Gasteiger partial charge < -0.3 is 5.32 Å². The van der Waals surface area contributed by atoms with Crippen LogP contribution in [0, 0.1) is 11.3 Å². The van der Waals surface area contributed by atoms with Crippen LogP contribution in [-0.2, 0) is 18.3 Å². The SMILES string of the molecule is CC(C)(CNCCC#N)c1ccc2c(c1)CCCC2. The molecule has 2 nitrogen and oxygen atoms in total. The number of fused-ring (bicyclic) bond motifs is 1. The number of hydrogen-bond donors (Lipinski definition) is 1. The molecule has 1 aliphatic carbocycles. The highest BCUT2D eigenvalue weighted by Crippen LogP contribution is 2.28. The number of aryl methyl sites for hydroxylation is 2. The summed E-state index contributed by atoms with van der Waals surface area (Å²) in [5.74, 6) is 0. The third-order valence-corrected chi connectivity index (χ3v) is 4.11. The highest BCUT2D eigenvalue weighted by Gasteiger charge is 2.21. The van der Waals surface area contributed by atoms with Crippen LogP contribution in [0.1, 0.15) is 49.8 Å². The molecule has 0 unspecified atom stereocenters. The van der Waals surface area contributed by atoms with Crippen molar-refractivity contribution in [2.24, 2.45) is 0 Å². The highest BCUT2D eigenvalue weighted by molar-refractivity contribution is 5.37. The van der Waals surface area contributed by atoms with Crippen LogP contribution in [0.15, 0.2) is 18.2 Å². The van der Waals surface area contributed by atoms with Crippen molar-refractivity contribution < 1.29 is 0 Å². The quantitative estimate of drug-likeness (QED) is 0.820. The summed E-state index contributed by atoms with van der Waals surface area (Å²) < 4.78 is 0. The van der Waals surface area contributed by atoms with Crippen molar-refractivity contribution >= 4 is 0 Å². The Balaban J connectivity index is 2.05. The molecule has 0 aromatic heterocycles. The van der Waals surface area contributed by atoms with Crippen molar-refractivity contribution in [3.8, 4) is 6.07 Å². The van der Waals surface area contributed by atoms with Crippen LogP contribution >= 0.6 is 0 Å². The Morgan fingerprint density at radius 1 is 1.21 bits per heavy atom. The lowest BCUT2D eigenvalue weighted by Gasteiger charge is -2.28. The second kappa shape index (κ2) is 6.21. The van der Waals surface area contributed by atoms with Gasteiger partial charge in [0.15, 0.2) is 0 Å². The molecule has 1 aliphatic rings. The Bertz CT molecular complexity index is 469. The summed E-state index contributed by atoms with van der Waals surface area (Å²) in [6, 6.07) is 9.18. The summed E-state index contributed by atoms with van der Waals surface area (Å²) in [6.07, 6.45) is 5.74. The molecule has 0 aliphatic heterocycles. The van der Waals surface area contributed by atoms with Gasteiger partial charge in [-0.2, -0.15) is 5.26 Å². The lowest BCUT2D eigenvalue weighted by Crippen LogP contribution is -2.33. The van der Waals surface area contributed by atoms with E-state index < -0.39 is 0 Å². The number of nitrogens with one attached hydrogen (secondary N) is 1. The van der Waals surface area contributed by atoms with Gasteiger partial charge in [0.05, 0.1) is 6.07 Å². The van der Waals surface area contributed by atoms with Gasteiger partial charge in [0.1, 0.15) is 0 Å². The monoisotopic (exact) mass is 256 g/mol. The highest BCUT2D eigenvalue weighted by atomic mass is 14.9. The maximum atomic E-state index is 8.56. The van der Waals surface area contributed by atoms with Gasteiger partial charge in [0.25, 0.3) is 0 Å². The fourth-order valence-electron chi connectivity index (χ4n) is 2.80. The number of nitriles is 1. The van der Waals surface area contributed by atoms with Gasteiger partial charge in [0.2, 0.25) is 0 Å². The van der Waals surface area contributed by atoms with E-state index in [4.69, 9.17) is 5.26 Å². The summed E-state index contributed by atoms with van der Waals surface area (Å²) in [5.41, 5.74) is 4.64. The molecule has 1 aromatic carbocycles. The van der Waals surface area contributed by atoms with Crippen LogP contribution in [0.4, 0.5) is 0 Å². The second-order valence-electron chi connectivity index (χ2n) is 6.16. The van der Waals surface area contributed by atoms with Gasteiger partial charge in [-0.25, -0.2) is 0 Å². The number of rotatable bonds is 5. The van der Waals surface area contributed by atoms with Gasteiger partial charge in [0, 0.05) is 24.9 Å². The maximum Gasteiger partial charge on any atom is 0.0635 e. The molecular weight excluding hydrogens is 232 g/mol. The largest absolute Gasteiger partial charge is 0.315 e. The Morgan fingerprint density at radius 3 is 2.68 bits per heavy atom. The molecule has 0 atom stereocenters. The Kier molecular flexibility index (Phi) is 4.61. The molecule has 0 radical (unpaired) electrons. The molecule has 102 valence electrons. The molecular formula is C17H24N2. The second-order valence-corrected chi connectivity index (χ2v) is 6.16. The van der Waals surface area contributed by atoms with E-state index in [0.717, 1.165) is 13.1 Å². The first-order valence-electron chi connectivity index (χ1n) is 7.33. The summed E-state index contributed by atoms with van der Waals surface area (Å²) in [5, 5.41) is 11.9. The summed E-state index contributed by atoms with van der Waals surface area (Å²) >= 11 is 0. The smallest absolute Gasteiger partial charge is 0.0635 e. The molecule has 2 heteroatoms. The van der Waals surface area contributed by atoms with Crippen molar-refractivity contribution in [1.29, 1.82) is 5.26 Å². The maximum absolute atomic E-state index is 8.56. The molecule has 2 rings (SSSR count). The van der Waals surface area contributed by atoms with Crippen LogP contribution in [0.25, 0.3) is 0 Å². The van der Waals surface area contributed by atoms with Crippen LogP contribution in [0.3, 0.4) is 0 Å². The zero-order valence-electron chi connectivity index (χ0n) is 12.1. The summed E-state index contributed by atoms with van der Waals surface area (Å²) in [6.45, 7) is 6.26. The van der Waals surface area contributed by atoms with E-state index in [1.165, 1.54) is 31.2 Å². The van der Waals surface area contributed by atoms with Crippen LogP contribution in [0.5, 0.6) is 0 Å². The Labute approximate surface area is 116 Å². The summed E-state index contributed by atoms with van der Waals surface area (Å²) in [7, 11) is 0. The van der Waals surface area contributed by atoms with E-state index in [1.54, 1.807) is 11.1 Å². The third-order valence-electron chi connectivity index (χ3n) is 4.11. The minimum atomic E-state index is 0.127. The number of nitrogens with zero attached hydrogens (tertiary/aromatic N) is 1. The number of benzene rings is 1. The van der Waals surface area contributed by atoms with Crippen LogP contribution in [0.2, 0.25) is 0 Å². The Morgan fingerprint density at radius 2 is 1.95 bits per heavy atom. The minimum Gasteiger partial charge on any atom is -0.315 e. The molecule has 1 aromatic rings. The first-order valence-corrected chi connectivity index (χ1v) is 7.33. The molecule has 19 heavy (non-hydrogen) atoms.